The molecule has 148 valence electrons. The summed E-state index contributed by atoms with van der Waals surface area (Å²) >= 11 is 0. The van der Waals surface area contributed by atoms with E-state index in [1.807, 2.05) is 24.3 Å². The average Bonchev–Trinajstić information content (AvgIpc) is 2.73. The van der Waals surface area contributed by atoms with Gasteiger partial charge in [-0.2, -0.15) is 0 Å². The molecule has 2 N–H and O–H groups in total. The van der Waals surface area contributed by atoms with Gasteiger partial charge in [0.05, 0.1) is 6.54 Å². The largest absolute Gasteiger partial charge is 0.486 e. The fourth-order valence-electron chi connectivity index (χ4n) is 3.54. The van der Waals surface area contributed by atoms with Gasteiger partial charge >= 0.3 is 6.03 Å². The van der Waals surface area contributed by atoms with Crippen LogP contribution < -0.4 is 25.0 Å². The Balaban J connectivity index is 1.19. The third kappa shape index (κ3) is 4.47. The van der Waals surface area contributed by atoms with Crippen LogP contribution in [0.25, 0.3) is 0 Å². The van der Waals surface area contributed by atoms with Crippen LogP contribution in [-0.4, -0.2) is 44.4 Å². The topological polar surface area (TPSA) is 62.8 Å². The van der Waals surface area contributed by atoms with Gasteiger partial charge in [0.25, 0.3) is 0 Å². The van der Waals surface area contributed by atoms with Crippen molar-refractivity contribution in [1.82, 2.24) is 10.6 Å². The number of nitrogens with zero attached hydrogens (tertiary/aromatic N) is 1. The van der Waals surface area contributed by atoms with E-state index in [0.29, 0.717) is 18.9 Å². The second-order valence-corrected chi connectivity index (χ2v) is 7.09. The fourth-order valence-corrected chi connectivity index (χ4v) is 3.54. The summed E-state index contributed by atoms with van der Waals surface area (Å²) in [5.41, 5.74) is 1.01. The van der Waals surface area contributed by atoms with Crippen LogP contribution in [0.15, 0.2) is 48.5 Å². The summed E-state index contributed by atoms with van der Waals surface area (Å²) in [6, 6.07) is 14.0. The highest BCUT2D eigenvalue weighted by Gasteiger charge is 2.23. The van der Waals surface area contributed by atoms with Crippen molar-refractivity contribution in [3.8, 4) is 11.5 Å². The number of fused-ring (bicyclic) bond motifs is 1. The number of ether oxygens (including phenoxy) is 2. The molecule has 6 nitrogen and oxygen atoms in total. The lowest BCUT2D eigenvalue weighted by Gasteiger charge is -2.34. The first-order chi connectivity index (χ1) is 13.7. The summed E-state index contributed by atoms with van der Waals surface area (Å²) in [6.45, 7) is 2.45. The number of carbonyl (C=O) groups is 1. The zero-order valence-electron chi connectivity index (χ0n) is 15.6. The van der Waals surface area contributed by atoms with E-state index in [-0.39, 0.29) is 24.0 Å². The van der Waals surface area contributed by atoms with Gasteiger partial charge in [0.2, 0.25) is 0 Å². The number of piperidine rings is 1. The Labute approximate surface area is 163 Å². The number of para-hydroxylation sites is 2. The summed E-state index contributed by atoms with van der Waals surface area (Å²) in [4.78, 5) is 14.4. The number of halogens is 1. The smallest absolute Gasteiger partial charge is 0.315 e. The molecule has 1 saturated heterocycles. The molecule has 2 aliphatic heterocycles. The molecule has 2 aromatic carbocycles. The van der Waals surface area contributed by atoms with Crippen LogP contribution >= 0.6 is 0 Å². The van der Waals surface area contributed by atoms with Gasteiger partial charge in [0, 0.05) is 24.8 Å². The minimum absolute atomic E-state index is 0.126. The summed E-state index contributed by atoms with van der Waals surface area (Å²) in [7, 11) is 0. The number of hydrogen-bond acceptors (Lipinski definition) is 4. The molecular formula is C21H24FN3O3. The molecule has 1 atom stereocenters. The molecule has 0 aromatic heterocycles. The van der Waals surface area contributed by atoms with Crippen LogP contribution in [0.5, 0.6) is 11.5 Å². The molecule has 0 saturated carbocycles. The van der Waals surface area contributed by atoms with Gasteiger partial charge in [0.15, 0.2) is 17.6 Å². The zero-order valence-corrected chi connectivity index (χ0v) is 15.6. The Morgan fingerprint density at radius 3 is 2.54 bits per heavy atom. The molecule has 0 aliphatic carbocycles. The third-order valence-electron chi connectivity index (χ3n) is 5.08. The van der Waals surface area contributed by atoms with Crippen molar-refractivity contribution in [3.63, 3.8) is 0 Å². The normalized spacial score (nSPS) is 19.2. The molecule has 2 amide bonds. The molecule has 1 fully saturated rings. The van der Waals surface area contributed by atoms with Gasteiger partial charge in [-0.15, -0.1) is 0 Å². The van der Waals surface area contributed by atoms with E-state index in [1.54, 1.807) is 12.1 Å². The van der Waals surface area contributed by atoms with Crippen molar-refractivity contribution in [2.75, 3.05) is 31.1 Å². The van der Waals surface area contributed by atoms with Crippen molar-refractivity contribution in [2.24, 2.45) is 0 Å². The standard InChI is InChI=1S/C21H24FN3O3/c22-15-5-7-17(8-6-15)25-11-9-16(10-12-25)24-21(26)23-13-18-14-27-19-3-1-2-4-20(19)28-18/h1-8,16,18H,9-14H2,(H2,23,24,26)/t18-/m1/s1. The van der Waals surface area contributed by atoms with E-state index in [9.17, 15) is 9.18 Å². The first kappa shape index (κ1) is 18.4. The van der Waals surface area contributed by atoms with Gasteiger partial charge in [-0.1, -0.05) is 12.1 Å². The number of hydrogen-bond donors (Lipinski definition) is 2. The molecule has 0 radical (unpaired) electrons. The van der Waals surface area contributed by atoms with Gasteiger partial charge in [-0.3, -0.25) is 0 Å². The van der Waals surface area contributed by atoms with E-state index >= 15 is 0 Å². The van der Waals surface area contributed by atoms with Crippen molar-refractivity contribution in [3.05, 3.63) is 54.3 Å². The maximum absolute atomic E-state index is 13.0. The SMILES string of the molecule is O=C(NC[C@@H]1COc2ccccc2O1)NC1CCN(c2ccc(F)cc2)CC1. The summed E-state index contributed by atoms with van der Waals surface area (Å²) in [5, 5.41) is 5.89. The average molecular weight is 385 g/mol. The summed E-state index contributed by atoms with van der Waals surface area (Å²) in [6.07, 6.45) is 1.49. The first-order valence-electron chi connectivity index (χ1n) is 9.61. The van der Waals surface area contributed by atoms with E-state index in [0.717, 1.165) is 37.4 Å². The van der Waals surface area contributed by atoms with Crippen LogP contribution in [0.4, 0.5) is 14.9 Å². The summed E-state index contributed by atoms with van der Waals surface area (Å²) < 4.78 is 24.5. The van der Waals surface area contributed by atoms with Crippen LogP contribution in [0.2, 0.25) is 0 Å². The highest BCUT2D eigenvalue weighted by Crippen LogP contribution is 2.30. The van der Waals surface area contributed by atoms with Crippen molar-refractivity contribution in [1.29, 1.82) is 0 Å². The Kier molecular flexibility index (Phi) is 5.50. The van der Waals surface area contributed by atoms with Crippen LogP contribution in [-0.2, 0) is 0 Å². The lowest BCUT2D eigenvalue weighted by Crippen LogP contribution is -2.50. The molecule has 0 spiro atoms. The second-order valence-electron chi connectivity index (χ2n) is 7.09. The van der Waals surface area contributed by atoms with Gasteiger partial charge in [-0.25, -0.2) is 9.18 Å². The maximum Gasteiger partial charge on any atom is 0.315 e. The Morgan fingerprint density at radius 2 is 1.79 bits per heavy atom. The second kappa shape index (κ2) is 8.37. The third-order valence-corrected chi connectivity index (χ3v) is 5.08. The first-order valence-corrected chi connectivity index (χ1v) is 9.61. The van der Waals surface area contributed by atoms with Gasteiger partial charge in [-0.05, 0) is 49.2 Å². The lowest BCUT2D eigenvalue weighted by molar-refractivity contribution is 0.0916. The zero-order chi connectivity index (χ0) is 19.3. The molecule has 2 aliphatic rings. The van der Waals surface area contributed by atoms with E-state index in [1.165, 1.54) is 12.1 Å². The Hall–Kier alpha value is -2.96. The number of rotatable bonds is 4. The van der Waals surface area contributed by atoms with E-state index in [4.69, 9.17) is 9.47 Å². The monoisotopic (exact) mass is 385 g/mol. The van der Waals surface area contributed by atoms with E-state index < -0.39 is 0 Å². The Bertz CT molecular complexity index is 807. The van der Waals surface area contributed by atoms with Crippen LogP contribution in [0, 0.1) is 5.82 Å². The minimum Gasteiger partial charge on any atom is -0.486 e. The summed E-state index contributed by atoms with van der Waals surface area (Å²) in [5.74, 6) is 1.21. The van der Waals surface area contributed by atoms with Crippen LogP contribution in [0.3, 0.4) is 0 Å². The molecule has 2 aromatic rings. The molecule has 4 rings (SSSR count). The predicted molar refractivity (Wildman–Crippen MR) is 105 cm³/mol. The number of urea groups is 1. The number of amides is 2. The van der Waals surface area contributed by atoms with Gasteiger partial charge in [0.1, 0.15) is 12.4 Å². The van der Waals surface area contributed by atoms with Crippen molar-refractivity contribution < 1.29 is 18.7 Å². The number of anilines is 1. The number of nitrogens with one attached hydrogen (secondary N) is 2. The maximum atomic E-state index is 13.0. The minimum atomic E-state index is -0.229. The molecule has 2 heterocycles. The molecule has 0 bridgehead atoms. The van der Waals surface area contributed by atoms with Crippen molar-refractivity contribution >= 4 is 11.7 Å². The molecular weight excluding hydrogens is 361 g/mol. The van der Waals surface area contributed by atoms with E-state index in [2.05, 4.69) is 15.5 Å². The molecule has 7 heteroatoms. The van der Waals surface area contributed by atoms with Gasteiger partial charge < -0.3 is 25.0 Å². The Morgan fingerprint density at radius 1 is 1.07 bits per heavy atom. The number of benzene rings is 2. The lowest BCUT2D eigenvalue weighted by atomic mass is 10.0. The highest BCUT2D eigenvalue weighted by molar-refractivity contribution is 5.74. The fraction of sp³-hybridized carbons (Fsp3) is 0.381. The predicted octanol–water partition coefficient (Wildman–Crippen LogP) is 2.93. The quantitative estimate of drug-likeness (QED) is 0.850. The highest BCUT2D eigenvalue weighted by atomic mass is 19.1. The molecule has 28 heavy (non-hydrogen) atoms. The number of carbonyl (C=O) groups excluding carboxylic acids is 1. The molecule has 0 unspecified atom stereocenters. The van der Waals surface area contributed by atoms with Crippen LogP contribution in [0.1, 0.15) is 12.8 Å². The van der Waals surface area contributed by atoms with Crippen molar-refractivity contribution in [2.45, 2.75) is 25.0 Å².